The average Bonchev–Trinajstić information content (AvgIpc) is 2.57. The summed E-state index contributed by atoms with van der Waals surface area (Å²) in [6.07, 6.45) is 0.676. The fraction of sp³-hybridized carbons (Fsp3) is 0.727. The molecule has 18 heavy (non-hydrogen) atoms. The van der Waals surface area contributed by atoms with Gasteiger partial charge in [-0.05, 0) is 12.2 Å². The van der Waals surface area contributed by atoms with E-state index in [2.05, 4.69) is 36.3 Å². The number of aromatic amines is 1. The molecule has 1 aromatic rings. The van der Waals surface area contributed by atoms with Gasteiger partial charge < -0.3 is 9.88 Å². The van der Waals surface area contributed by atoms with Crippen molar-refractivity contribution in [3.05, 3.63) is 10.6 Å². The zero-order valence-electron chi connectivity index (χ0n) is 11.2. The molecule has 0 spiro atoms. The maximum absolute atomic E-state index is 11.6. The maximum atomic E-state index is 11.6. The number of carbonyl (C=O) groups excluding carboxylic acids is 1. The largest absolute Gasteiger partial charge is 0.355 e. The number of thioether (sulfide) groups is 1. The number of nitrogens with one attached hydrogen (secondary N) is 2. The molecule has 2 N–H and O–H groups in total. The molecule has 0 aromatic carbocycles. The van der Waals surface area contributed by atoms with Crippen LogP contribution >= 0.6 is 24.0 Å². The lowest BCUT2D eigenvalue weighted by Gasteiger charge is -2.16. The highest BCUT2D eigenvalue weighted by Crippen LogP contribution is 2.22. The zero-order chi connectivity index (χ0) is 13.8. The molecule has 1 heterocycles. The van der Waals surface area contributed by atoms with Crippen LogP contribution in [-0.4, -0.2) is 37.7 Å². The minimum atomic E-state index is 0.0618. The van der Waals surface area contributed by atoms with Crippen LogP contribution in [0.3, 0.4) is 0 Å². The van der Waals surface area contributed by atoms with Crippen LogP contribution in [-0.2, 0) is 18.3 Å². The van der Waals surface area contributed by atoms with Crippen molar-refractivity contribution in [2.75, 3.05) is 12.3 Å². The van der Waals surface area contributed by atoms with Crippen LogP contribution in [0, 0.1) is 4.77 Å². The van der Waals surface area contributed by atoms with Gasteiger partial charge in [-0.1, -0.05) is 20.8 Å². The van der Waals surface area contributed by atoms with E-state index in [9.17, 15) is 4.79 Å². The second-order valence-corrected chi connectivity index (χ2v) is 7.19. The predicted molar refractivity (Wildman–Crippen MR) is 77.3 cm³/mol. The Hall–Kier alpha value is -0.820. The Balaban J connectivity index is 2.28. The Kier molecular flexibility index (Phi) is 5.40. The third-order valence-electron chi connectivity index (χ3n) is 2.28. The van der Waals surface area contributed by atoms with Crippen molar-refractivity contribution in [3.8, 4) is 0 Å². The first-order valence-electron chi connectivity index (χ1n) is 5.80. The van der Waals surface area contributed by atoms with E-state index >= 15 is 0 Å². The molecule has 0 fully saturated rings. The average molecular weight is 288 g/mol. The molecule has 0 radical (unpaired) electrons. The quantitative estimate of drug-likeness (QED) is 0.809. The van der Waals surface area contributed by atoms with Gasteiger partial charge in [0.15, 0.2) is 4.77 Å². The molecule has 0 aliphatic carbocycles. The fourth-order valence-corrected chi connectivity index (χ4v) is 2.07. The summed E-state index contributed by atoms with van der Waals surface area (Å²) in [6, 6.07) is 0. The number of H-pyrrole nitrogens is 1. The lowest BCUT2D eigenvalue weighted by atomic mass is 10.3. The van der Waals surface area contributed by atoms with Crippen LogP contribution in [0.2, 0.25) is 0 Å². The molecule has 7 heteroatoms. The van der Waals surface area contributed by atoms with Crippen molar-refractivity contribution in [2.45, 2.75) is 31.9 Å². The van der Waals surface area contributed by atoms with Gasteiger partial charge in [0.25, 0.3) is 0 Å². The van der Waals surface area contributed by atoms with Crippen molar-refractivity contribution in [2.24, 2.45) is 7.05 Å². The molecular weight excluding hydrogens is 268 g/mol. The van der Waals surface area contributed by atoms with Crippen LogP contribution < -0.4 is 5.32 Å². The van der Waals surface area contributed by atoms with Gasteiger partial charge in [-0.3, -0.25) is 9.89 Å². The van der Waals surface area contributed by atoms with Crippen molar-refractivity contribution >= 4 is 29.9 Å². The topological polar surface area (TPSA) is 62.7 Å². The van der Waals surface area contributed by atoms with E-state index in [1.165, 1.54) is 0 Å². The Morgan fingerprint density at radius 2 is 2.22 bits per heavy atom. The van der Waals surface area contributed by atoms with Crippen LogP contribution in [0.4, 0.5) is 0 Å². The maximum Gasteiger partial charge on any atom is 0.230 e. The van der Waals surface area contributed by atoms with Gasteiger partial charge in [0, 0.05) is 24.8 Å². The Morgan fingerprint density at radius 1 is 1.56 bits per heavy atom. The molecule has 0 unspecified atom stereocenters. The number of rotatable bonds is 5. The monoisotopic (exact) mass is 288 g/mol. The molecule has 0 aliphatic rings. The SMILES string of the molecule is Cn1c(CCNC(=O)CSC(C)(C)C)n[nH]c1=S. The Morgan fingerprint density at radius 3 is 2.72 bits per heavy atom. The summed E-state index contributed by atoms with van der Waals surface area (Å²) in [4.78, 5) is 11.6. The van der Waals surface area contributed by atoms with Gasteiger partial charge in [-0.25, -0.2) is 0 Å². The van der Waals surface area contributed by atoms with Gasteiger partial charge in [-0.2, -0.15) is 5.10 Å². The number of hydrogen-bond acceptors (Lipinski definition) is 4. The summed E-state index contributed by atoms with van der Waals surface area (Å²) in [7, 11) is 1.86. The molecule has 5 nitrogen and oxygen atoms in total. The molecule has 0 saturated heterocycles. The summed E-state index contributed by atoms with van der Waals surface area (Å²) in [5.74, 6) is 1.40. The van der Waals surface area contributed by atoms with Gasteiger partial charge >= 0.3 is 0 Å². The van der Waals surface area contributed by atoms with Crippen molar-refractivity contribution in [1.29, 1.82) is 0 Å². The lowest BCUT2D eigenvalue weighted by molar-refractivity contribution is -0.118. The van der Waals surface area contributed by atoms with Gasteiger partial charge in [0.1, 0.15) is 5.82 Å². The molecule has 0 saturated carbocycles. The number of aromatic nitrogens is 3. The molecule has 1 aromatic heterocycles. The third-order valence-corrected chi connectivity index (χ3v) is 3.92. The van der Waals surface area contributed by atoms with E-state index in [1.807, 2.05) is 11.6 Å². The Bertz CT molecular complexity index is 458. The lowest BCUT2D eigenvalue weighted by Crippen LogP contribution is -2.29. The number of carbonyl (C=O) groups is 1. The van der Waals surface area contributed by atoms with Crippen molar-refractivity contribution in [1.82, 2.24) is 20.1 Å². The van der Waals surface area contributed by atoms with Crippen LogP contribution in [0.25, 0.3) is 0 Å². The van der Waals surface area contributed by atoms with Crippen LogP contribution in [0.1, 0.15) is 26.6 Å². The van der Waals surface area contributed by atoms with Crippen molar-refractivity contribution < 1.29 is 4.79 Å². The molecular formula is C11H20N4OS2. The van der Waals surface area contributed by atoms with E-state index in [1.54, 1.807) is 11.8 Å². The summed E-state index contributed by atoms with van der Waals surface area (Å²) < 4.78 is 2.52. The van der Waals surface area contributed by atoms with E-state index < -0.39 is 0 Å². The minimum absolute atomic E-state index is 0.0618. The first-order chi connectivity index (χ1) is 8.29. The first kappa shape index (κ1) is 15.2. The smallest absolute Gasteiger partial charge is 0.230 e. The van der Waals surface area contributed by atoms with E-state index in [0.29, 0.717) is 23.5 Å². The second kappa shape index (κ2) is 6.38. The first-order valence-corrected chi connectivity index (χ1v) is 7.20. The molecule has 102 valence electrons. The minimum Gasteiger partial charge on any atom is -0.355 e. The van der Waals surface area contributed by atoms with Gasteiger partial charge in [0.2, 0.25) is 5.91 Å². The number of nitrogens with zero attached hydrogens (tertiary/aromatic N) is 2. The second-order valence-electron chi connectivity index (χ2n) is 5.01. The highest BCUT2D eigenvalue weighted by atomic mass is 32.2. The zero-order valence-corrected chi connectivity index (χ0v) is 12.9. The standard InChI is InChI=1S/C11H20N4OS2/c1-11(2,3)18-7-9(16)12-6-5-8-13-14-10(17)15(8)4/h5-7H2,1-4H3,(H,12,16)(H,14,17). The molecule has 0 aliphatic heterocycles. The molecule has 0 atom stereocenters. The molecule has 1 amide bonds. The van der Waals surface area contributed by atoms with E-state index in [-0.39, 0.29) is 10.7 Å². The summed E-state index contributed by atoms with van der Waals surface area (Å²) >= 11 is 6.65. The van der Waals surface area contributed by atoms with E-state index in [4.69, 9.17) is 12.2 Å². The number of hydrogen-bond donors (Lipinski definition) is 2. The predicted octanol–water partition coefficient (Wildman–Crippen LogP) is 1.67. The summed E-state index contributed by atoms with van der Waals surface area (Å²) in [5.41, 5.74) is 0. The fourth-order valence-electron chi connectivity index (χ4n) is 1.25. The Labute approximate surface area is 117 Å². The highest BCUT2D eigenvalue weighted by molar-refractivity contribution is 8.01. The normalized spacial score (nSPS) is 11.6. The summed E-state index contributed by atoms with van der Waals surface area (Å²) in [6.45, 7) is 6.87. The highest BCUT2D eigenvalue weighted by Gasteiger charge is 2.13. The molecule has 0 bridgehead atoms. The van der Waals surface area contributed by atoms with Crippen LogP contribution in [0.5, 0.6) is 0 Å². The van der Waals surface area contributed by atoms with Gasteiger partial charge in [0.05, 0.1) is 5.75 Å². The van der Waals surface area contributed by atoms with Gasteiger partial charge in [-0.15, -0.1) is 11.8 Å². The van der Waals surface area contributed by atoms with Crippen LogP contribution in [0.15, 0.2) is 0 Å². The number of amides is 1. The van der Waals surface area contributed by atoms with Crippen molar-refractivity contribution in [3.63, 3.8) is 0 Å². The summed E-state index contributed by atoms with van der Waals surface area (Å²) in [5, 5.41) is 9.68. The molecule has 1 rings (SSSR count). The third kappa shape index (κ3) is 5.22. The van der Waals surface area contributed by atoms with E-state index in [0.717, 1.165) is 5.82 Å².